The highest BCUT2D eigenvalue weighted by Crippen LogP contribution is 2.51. The Morgan fingerprint density at radius 2 is 2.04 bits per heavy atom. The molecule has 0 radical (unpaired) electrons. The molecule has 25 heavy (non-hydrogen) atoms. The number of rotatable bonds is 8. The molecule has 2 bridgehead atoms. The number of fused-ring (bicyclic) bond motifs is 2. The van der Waals surface area contributed by atoms with Crippen LogP contribution >= 0.6 is 0 Å². The molecule has 2 rings (SSSR count). The Hall–Kier alpha value is -1.57. The molecule has 10 heteroatoms. The maximum atomic E-state index is 13.0. The SMILES string of the molecule is C=C(COCC(F)(F)S(=O)(=O)O)C(=O)OCC1CC2CC(C#N)C1C2. The molecule has 2 fully saturated rings. The van der Waals surface area contributed by atoms with Gasteiger partial charge in [-0.05, 0) is 37.0 Å². The van der Waals surface area contributed by atoms with Gasteiger partial charge in [0.15, 0.2) is 0 Å². The van der Waals surface area contributed by atoms with Gasteiger partial charge in [-0.25, -0.2) is 4.79 Å². The smallest absolute Gasteiger partial charge is 0.392 e. The van der Waals surface area contributed by atoms with Gasteiger partial charge in [0.25, 0.3) is 0 Å². The van der Waals surface area contributed by atoms with Crippen LogP contribution in [-0.2, 0) is 24.4 Å². The van der Waals surface area contributed by atoms with Crippen molar-refractivity contribution in [2.24, 2.45) is 23.7 Å². The molecule has 0 heterocycles. The summed E-state index contributed by atoms with van der Waals surface area (Å²) in [5, 5.41) is 4.62. The zero-order valence-electron chi connectivity index (χ0n) is 13.4. The summed E-state index contributed by atoms with van der Waals surface area (Å²) in [6, 6.07) is 2.27. The predicted octanol–water partition coefficient (Wildman–Crippen LogP) is 1.77. The number of carbonyl (C=O) groups is 1. The van der Waals surface area contributed by atoms with E-state index in [9.17, 15) is 22.0 Å². The zero-order valence-corrected chi connectivity index (χ0v) is 14.2. The van der Waals surface area contributed by atoms with Gasteiger partial charge in [0.2, 0.25) is 0 Å². The van der Waals surface area contributed by atoms with E-state index >= 15 is 0 Å². The molecule has 0 saturated heterocycles. The lowest BCUT2D eigenvalue weighted by atomic mass is 9.82. The van der Waals surface area contributed by atoms with Crippen molar-refractivity contribution < 1.29 is 36.0 Å². The fraction of sp³-hybridized carbons (Fsp3) is 0.733. The first-order chi connectivity index (χ1) is 11.5. The van der Waals surface area contributed by atoms with Crippen LogP contribution in [0.1, 0.15) is 19.3 Å². The van der Waals surface area contributed by atoms with E-state index < -0.39 is 34.6 Å². The Labute approximate surface area is 144 Å². The monoisotopic (exact) mass is 379 g/mol. The van der Waals surface area contributed by atoms with Gasteiger partial charge in [-0.15, -0.1) is 0 Å². The van der Waals surface area contributed by atoms with Crippen LogP contribution in [-0.4, -0.2) is 44.0 Å². The largest absolute Gasteiger partial charge is 0.462 e. The van der Waals surface area contributed by atoms with Crippen molar-refractivity contribution >= 4 is 16.1 Å². The van der Waals surface area contributed by atoms with E-state index in [2.05, 4.69) is 17.4 Å². The molecular formula is C15H19F2NO6S. The lowest BCUT2D eigenvalue weighted by Crippen LogP contribution is -2.34. The maximum absolute atomic E-state index is 13.0. The Morgan fingerprint density at radius 1 is 1.36 bits per heavy atom. The normalized spacial score (nSPS) is 28.6. The maximum Gasteiger partial charge on any atom is 0.392 e. The van der Waals surface area contributed by atoms with Crippen LogP contribution in [0.4, 0.5) is 8.78 Å². The van der Waals surface area contributed by atoms with E-state index in [1.54, 1.807) is 0 Å². The van der Waals surface area contributed by atoms with Gasteiger partial charge in [-0.1, -0.05) is 6.58 Å². The standard InChI is InChI=1S/C15H19F2NO6S/c1-9(6-23-8-15(16,17)25(20,21)22)14(19)24-7-12-3-10-2-11(5-18)13(12)4-10/h10-13H,1-4,6-8H2,(H,20,21,22). The minimum Gasteiger partial charge on any atom is -0.462 e. The van der Waals surface area contributed by atoms with Crippen molar-refractivity contribution in [1.82, 2.24) is 0 Å². The minimum absolute atomic E-state index is 0.0170. The topological polar surface area (TPSA) is 114 Å². The third kappa shape index (κ3) is 4.54. The number of ether oxygens (including phenoxy) is 2. The number of nitrogens with zero attached hydrogens (tertiary/aromatic N) is 1. The fourth-order valence-electron chi connectivity index (χ4n) is 3.55. The van der Waals surface area contributed by atoms with E-state index in [0.29, 0.717) is 5.92 Å². The first kappa shape index (κ1) is 19.8. The van der Waals surface area contributed by atoms with Crippen LogP contribution < -0.4 is 0 Å². The van der Waals surface area contributed by atoms with Crippen molar-refractivity contribution in [1.29, 1.82) is 5.26 Å². The highest BCUT2D eigenvalue weighted by molar-refractivity contribution is 7.86. The fourth-order valence-corrected chi connectivity index (χ4v) is 3.78. The van der Waals surface area contributed by atoms with E-state index in [0.717, 1.165) is 19.3 Å². The van der Waals surface area contributed by atoms with E-state index in [4.69, 9.17) is 14.6 Å². The van der Waals surface area contributed by atoms with E-state index in [1.807, 2.05) is 0 Å². The van der Waals surface area contributed by atoms with Gasteiger partial charge < -0.3 is 9.47 Å². The molecule has 1 N–H and O–H groups in total. The van der Waals surface area contributed by atoms with E-state index in [1.165, 1.54) is 0 Å². The third-order valence-corrected chi connectivity index (χ3v) is 5.63. The Bertz CT molecular complexity index is 687. The number of esters is 1. The van der Waals surface area contributed by atoms with Crippen molar-refractivity contribution in [3.05, 3.63) is 12.2 Å². The molecular weight excluding hydrogens is 360 g/mol. The quantitative estimate of drug-likeness (QED) is 0.388. The van der Waals surface area contributed by atoms with Crippen LogP contribution in [0.25, 0.3) is 0 Å². The first-order valence-corrected chi connectivity index (χ1v) is 9.16. The average Bonchev–Trinajstić information content (AvgIpc) is 3.10. The molecule has 4 unspecified atom stereocenters. The van der Waals surface area contributed by atoms with Gasteiger partial charge in [-0.3, -0.25) is 4.55 Å². The number of halogens is 2. The van der Waals surface area contributed by atoms with Crippen LogP contribution in [0.2, 0.25) is 0 Å². The predicted molar refractivity (Wildman–Crippen MR) is 80.8 cm³/mol. The Morgan fingerprint density at radius 3 is 2.60 bits per heavy atom. The molecule has 2 aliphatic carbocycles. The van der Waals surface area contributed by atoms with Gasteiger partial charge >= 0.3 is 21.3 Å². The molecule has 0 aromatic rings. The molecule has 2 saturated carbocycles. The van der Waals surface area contributed by atoms with Gasteiger partial charge in [0, 0.05) is 5.92 Å². The molecule has 4 atom stereocenters. The van der Waals surface area contributed by atoms with Gasteiger partial charge in [0.05, 0.1) is 24.9 Å². The highest BCUT2D eigenvalue weighted by atomic mass is 32.2. The summed E-state index contributed by atoms with van der Waals surface area (Å²) < 4.78 is 64.6. The molecule has 0 aliphatic heterocycles. The summed E-state index contributed by atoms with van der Waals surface area (Å²) in [5.41, 5.74) is -0.244. The highest BCUT2D eigenvalue weighted by Gasteiger charge is 2.47. The number of nitriles is 1. The van der Waals surface area contributed by atoms with Crippen LogP contribution in [0, 0.1) is 35.0 Å². The molecule has 0 spiro atoms. The second kappa shape index (κ2) is 7.35. The molecule has 0 aromatic carbocycles. The summed E-state index contributed by atoms with van der Waals surface area (Å²) in [6.07, 6.45) is 2.73. The molecule has 0 amide bonds. The first-order valence-electron chi connectivity index (χ1n) is 7.72. The summed E-state index contributed by atoms with van der Waals surface area (Å²) in [5.74, 6) is -0.0543. The molecule has 0 aromatic heterocycles. The summed E-state index contributed by atoms with van der Waals surface area (Å²) in [4.78, 5) is 11.8. The van der Waals surface area contributed by atoms with Crippen molar-refractivity contribution in [3.8, 4) is 6.07 Å². The van der Waals surface area contributed by atoms with E-state index in [-0.39, 0.29) is 29.9 Å². The summed E-state index contributed by atoms with van der Waals surface area (Å²) in [6.45, 7) is 1.22. The zero-order chi connectivity index (χ0) is 18.8. The number of hydrogen-bond donors (Lipinski definition) is 1. The Kier molecular flexibility index (Phi) is 5.81. The van der Waals surface area contributed by atoms with Gasteiger partial charge in [0.1, 0.15) is 6.61 Å². The van der Waals surface area contributed by atoms with Crippen molar-refractivity contribution in [3.63, 3.8) is 0 Å². The second-order valence-corrected chi connectivity index (χ2v) is 8.09. The summed E-state index contributed by atoms with van der Waals surface area (Å²) in [7, 11) is -5.59. The minimum atomic E-state index is -5.59. The Balaban J connectivity index is 1.73. The van der Waals surface area contributed by atoms with Crippen molar-refractivity contribution in [2.45, 2.75) is 24.5 Å². The lowest BCUT2D eigenvalue weighted by Gasteiger charge is -2.25. The number of alkyl halides is 2. The second-order valence-electron chi connectivity index (χ2n) is 6.54. The van der Waals surface area contributed by atoms with Crippen molar-refractivity contribution in [2.75, 3.05) is 19.8 Å². The molecule has 2 aliphatic rings. The molecule has 7 nitrogen and oxygen atoms in total. The van der Waals surface area contributed by atoms with Crippen LogP contribution in [0.5, 0.6) is 0 Å². The number of carbonyl (C=O) groups excluding carboxylic acids is 1. The van der Waals surface area contributed by atoms with Crippen LogP contribution in [0.3, 0.4) is 0 Å². The van der Waals surface area contributed by atoms with Gasteiger partial charge in [-0.2, -0.15) is 22.5 Å². The third-order valence-electron chi connectivity index (χ3n) is 4.76. The average molecular weight is 379 g/mol. The summed E-state index contributed by atoms with van der Waals surface area (Å²) >= 11 is 0. The number of hydrogen-bond acceptors (Lipinski definition) is 6. The lowest BCUT2D eigenvalue weighted by molar-refractivity contribution is -0.142. The molecule has 140 valence electrons. The van der Waals surface area contributed by atoms with Crippen LogP contribution in [0.15, 0.2) is 12.2 Å².